The van der Waals surface area contributed by atoms with Gasteiger partial charge in [-0.3, -0.25) is 9.59 Å². The Labute approximate surface area is 195 Å². The molecule has 4 nitrogen and oxygen atoms in total. The van der Waals surface area contributed by atoms with Crippen LogP contribution < -0.4 is 5.32 Å². The van der Waals surface area contributed by atoms with Gasteiger partial charge < -0.3 is 10.2 Å². The number of nitrogens with zero attached hydrogens (tertiary/aromatic N) is 1. The van der Waals surface area contributed by atoms with Crippen molar-refractivity contribution in [3.05, 3.63) is 65.2 Å². The van der Waals surface area contributed by atoms with Crippen LogP contribution >= 0.6 is 23.4 Å². The molecule has 2 aromatic rings. The largest absolute Gasteiger partial charge is 0.352 e. The second-order valence-corrected chi connectivity index (χ2v) is 9.26. The zero-order valence-corrected chi connectivity index (χ0v) is 20.2. The van der Waals surface area contributed by atoms with Crippen LogP contribution in [0.3, 0.4) is 0 Å². The van der Waals surface area contributed by atoms with Crippen LogP contribution in [0.1, 0.15) is 52.0 Å². The SMILES string of the molecule is CC[C@H](C(=O)N[C@@H](C)CC)N(Cc1ccccc1)C(=O)CCCSc1ccc(Cl)cc1. The summed E-state index contributed by atoms with van der Waals surface area (Å²) in [6.07, 6.45) is 2.61. The summed E-state index contributed by atoms with van der Waals surface area (Å²) < 4.78 is 0. The zero-order chi connectivity index (χ0) is 22.6. The molecule has 0 saturated heterocycles. The number of rotatable bonds is 12. The molecule has 0 aliphatic carbocycles. The first-order chi connectivity index (χ1) is 14.9. The van der Waals surface area contributed by atoms with Crippen molar-refractivity contribution in [3.63, 3.8) is 0 Å². The van der Waals surface area contributed by atoms with Crippen LogP contribution in [0.2, 0.25) is 5.02 Å². The van der Waals surface area contributed by atoms with Crippen molar-refractivity contribution in [3.8, 4) is 0 Å². The number of halogens is 1. The van der Waals surface area contributed by atoms with Crippen LogP contribution in [-0.2, 0) is 16.1 Å². The smallest absolute Gasteiger partial charge is 0.243 e. The Balaban J connectivity index is 2.02. The van der Waals surface area contributed by atoms with E-state index in [2.05, 4.69) is 5.32 Å². The average Bonchev–Trinajstić information content (AvgIpc) is 2.78. The van der Waals surface area contributed by atoms with Gasteiger partial charge in [-0.15, -0.1) is 11.8 Å². The second-order valence-electron chi connectivity index (χ2n) is 7.66. The lowest BCUT2D eigenvalue weighted by Crippen LogP contribution is -2.50. The Morgan fingerprint density at radius 2 is 1.71 bits per heavy atom. The van der Waals surface area contributed by atoms with Crippen LogP contribution in [0.5, 0.6) is 0 Å². The Morgan fingerprint density at radius 1 is 1.03 bits per heavy atom. The number of benzene rings is 2. The number of carbonyl (C=O) groups excluding carboxylic acids is 2. The van der Waals surface area contributed by atoms with E-state index in [4.69, 9.17) is 11.6 Å². The molecule has 0 fully saturated rings. The maximum Gasteiger partial charge on any atom is 0.243 e. The number of carbonyl (C=O) groups is 2. The summed E-state index contributed by atoms with van der Waals surface area (Å²) in [5.74, 6) is 0.783. The van der Waals surface area contributed by atoms with Crippen molar-refractivity contribution in [1.29, 1.82) is 0 Å². The van der Waals surface area contributed by atoms with E-state index >= 15 is 0 Å². The van der Waals surface area contributed by atoms with E-state index in [1.165, 1.54) is 0 Å². The second kappa shape index (κ2) is 13.4. The predicted octanol–water partition coefficient (Wildman–Crippen LogP) is 5.93. The molecule has 2 atom stereocenters. The lowest BCUT2D eigenvalue weighted by Gasteiger charge is -2.31. The Hall–Kier alpha value is -1.98. The minimum absolute atomic E-state index is 0.0201. The van der Waals surface area contributed by atoms with Gasteiger partial charge in [-0.25, -0.2) is 0 Å². The van der Waals surface area contributed by atoms with Crippen molar-refractivity contribution in [2.75, 3.05) is 5.75 Å². The van der Waals surface area contributed by atoms with Crippen LogP contribution in [-0.4, -0.2) is 34.6 Å². The number of hydrogen-bond acceptors (Lipinski definition) is 3. The summed E-state index contributed by atoms with van der Waals surface area (Å²) in [5, 5.41) is 3.77. The van der Waals surface area contributed by atoms with Gasteiger partial charge in [0.2, 0.25) is 11.8 Å². The van der Waals surface area contributed by atoms with Gasteiger partial charge in [-0.1, -0.05) is 55.8 Å². The standard InChI is InChI=1S/C25H33ClN2O2S/c1-4-19(3)27-25(30)23(5-2)28(18-20-10-7-6-8-11-20)24(29)12-9-17-31-22-15-13-21(26)14-16-22/h6-8,10-11,13-16,19,23H,4-5,9,12,17-18H2,1-3H3,(H,27,30)/t19-,23+/m0/s1. The summed E-state index contributed by atoms with van der Waals surface area (Å²) in [4.78, 5) is 29.0. The molecule has 6 heteroatoms. The normalized spacial score (nSPS) is 12.8. The molecule has 168 valence electrons. The van der Waals surface area contributed by atoms with Gasteiger partial charge in [0.25, 0.3) is 0 Å². The van der Waals surface area contributed by atoms with E-state index in [-0.39, 0.29) is 17.9 Å². The quantitative estimate of drug-likeness (QED) is 0.315. The summed E-state index contributed by atoms with van der Waals surface area (Å²) in [6.45, 7) is 6.43. The molecule has 1 N–H and O–H groups in total. The van der Waals surface area contributed by atoms with E-state index in [0.29, 0.717) is 19.4 Å². The van der Waals surface area contributed by atoms with Gasteiger partial charge >= 0.3 is 0 Å². The van der Waals surface area contributed by atoms with Crippen LogP contribution in [0.4, 0.5) is 0 Å². The number of thioether (sulfide) groups is 1. The highest BCUT2D eigenvalue weighted by atomic mass is 35.5. The summed E-state index contributed by atoms with van der Waals surface area (Å²) in [6, 6.07) is 17.2. The van der Waals surface area contributed by atoms with E-state index in [9.17, 15) is 9.59 Å². The first-order valence-electron chi connectivity index (χ1n) is 11.0. The van der Waals surface area contributed by atoms with Gasteiger partial charge in [0.05, 0.1) is 0 Å². The maximum absolute atomic E-state index is 13.2. The van der Waals surface area contributed by atoms with Gasteiger partial charge in [0, 0.05) is 28.9 Å². The zero-order valence-electron chi connectivity index (χ0n) is 18.6. The molecule has 0 aromatic heterocycles. The molecule has 0 aliphatic rings. The summed E-state index contributed by atoms with van der Waals surface area (Å²) in [5.41, 5.74) is 1.03. The van der Waals surface area contributed by atoms with Gasteiger partial charge in [0.15, 0.2) is 0 Å². The van der Waals surface area contributed by atoms with E-state index in [1.807, 2.05) is 75.4 Å². The summed E-state index contributed by atoms with van der Waals surface area (Å²) >= 11 is 7.64. The highest BCUT2D eigenvalue weighted by Crippen LogP contribution is 2.22. The fourth-order valence-corrected chi connectivity index (χ4v) is 4.21. The fraction of sp³-hybridized carbons (Fsp3) is 0.440. The molecule has 0 heterocycles. The Kier molecular flexibility index (Phi) is 11.0. The lowest BCUT2D eigenvalue weighted by atomic mass is 10.1. The molecule has 0 saturated carbocycles. The molecule has 31 heavy (non-hydrogen) atoms. The molecule has 0 unspecified atom stereocenters. The topological polar surface area (TPSA) is 49.4 Å². The fourth-order valence-electron chi connectivity index (χ4n) is 3.23. The highest BCUT2D eigenvalue weighted by Gasteiger charge is 2.28. The minimum atomic E-state index is -0.467. The first-order valence-corrected chi connectivity index (χ1v) is 12.3. The van der Waals surface area contributed by atoms with Crippen LogP contribution in [0, 0.1) is 0 Å². The molecule has 2 rings (SSSR count). The van der Waals surface area contributed by atoms with Gasteiger partial charge in [-0.2, -0.15) is 0 Å². The van der Waals surface area contributed by atoms with Crippen molar-refractivity contribution in [2.24, 2.45) is 0 Å². The maximum atomic E-state index is 13.2. The molecule has 0 spiro atoms. The van der Waals surface area contributed by atoms with Crippen molar-refractivity contribution < 1.29 is 9.59 Å². The first kappa shape index (κ1) is 25.3. The highest BCUT2D eigenvalue weighted by molar-refractivity contribution is 7.99. The molecule has 2 amide bonds. The Morgan fingerprint density at radius 3 is 2.32 bits per heavy atom. The van der Waals surface area contributed by atoms with Crippen molar-refractivity contribution in [1.82, 2.24) is 10.2 Å². The van der Waals surface area contributed by atoms with Gasteiger partial charge in [0.1, 0.15) is 6.04 Å². The number of nitrogens with one attached hydrogen (secondary N) is 1. The minimum Gasteiger partial charge on any atom is -0.352 e. The van der Waals surface area contributed by atoms with Crippen LogP contribution in [0.25, 0.3) is 0 Å². The molecule has 2 aromatic carbocycles. The lowest BCUT2D eigenvalue weighted by molar-refractivity contribution is -0.141. The monoisotopic (exact) mass is 460 g/mol. The van der Waals surface area contributed by atoms with E-state index in [1.54, 1.807) is 16.7 Å². The third-order valence-electron chi connectivity index (χ3n) is 5.20. The number of hydrogen-bond donors (Lipinski definition) is 1. The third-order valence-corrected chi connectivity index (χ3v) is 6.55. The third kappa shape index (κ3) is 8.58. The molecular weight excluding hydrogens is 428 g/mol. The molecule has 0 bridgehead atoms. The molecular formula is C25H33ClN2O2S. The average molecular weight is 461 g/mol. The van der Waals surface area contributed by atoms with E-state index in [0.717, 1.165) is 34.1 Å². The van der Waals surface area contributed by atoms with Crippen molar-refractivity contribution in [2.45, 2.75) is 70.0 Å². The summed E-state index contributed by atoms with van der Waals surface area (Å²) in [7, 11) is 0. The molecule has 0 aliphatic heterocycles. The predicted molar refractivity (Wildman–Crippen MR) is 130 cm³/mol. The molecule has 0 radical (unpaired) electrons. The van der Waals surface area contributed by atoms with Crippen molar-refractivity contribution >= 4 is 35.2 Å². The van der Waals surface area contributed by atoms with Crippen LogP contribution in [0.15, 0.2) is 59.5 Å². The van der Waals surface area contributed by atoms with E-state index < -0.39 is 6.04 Å². The number of amides is 2. The Bertz CT molecular complexity index is 814. The van der Waals surface area contributed by atoms with Gasteiger partial charge in [-0.05, 0) is 61.8 Å².